The summed E-state index contributed by atoms with van der Waals surface area (Å²) < 4.78 is 10.9. The van der Waals surface area contributed by atoms with E-state index in [0.29, 0.717) is 19.7 Å². The fraction of sp³-hybridized carbons (Fsp3) is 0.350. The summed E-state index contributed by atoms with van der Waals surface area (Å²) in [6.07, 6.45) is 0.744. The van der Waals surface area contributed by atoms with E-state index in [1.54, 1.807) is 7.11 Å². The summed E-state index contributed by atoms with van der Waals surface area (Å²) in [4.78, 5) is 14.8. The van der Waals surface area contributed by atoms with Crippen LogP contribution in [0.4, 0.5) is 0 Å². The lowest BCUT2D eigenvalue weighted by Crippen LogP contribution is -2.40. The lowest BCUT2D eigenvalue weighted by Gasteiger charge is -2.30. The van der Waals surface area contributed by atoms with Crippen LogP contribution in [-0.4, -0.2) is 31.1 Å². The molecule has 0 saturated heterocycles. The summed E-state index contributed by atoms with van der Waals surface area (Å²) in [5.74, 6) is 1.77. The highest BCUT2D eigenvalue weighted by atomic mass is 16.5. The van der Waals surface area contributed by atoms with E-state index in [1.165, 1.54) is 0 Å². The molecule has 1 heterocycles. The van der Waals surface area contributed by atoms with Crippen molar-refractivity contribution in [3.05, 3.63) is 59.7 Å². The molecule has 1 amide bonds. The van der Waals surface area contributed by atoms with Gasteiger partial charge in [0.15, 0.2) is 0 Å². The van der Waals surface area contributed by atoms with Crippen molar-refractivity contribution in [3.8, 4) is 11.5 Å². The average molecular weight is 325 g/mol. The molecule has 0 aromatic heterocycles. The molecule has 126 valence electrons. The Bertz CT molecular complexity index is 696. The quantitative estimate of drug-likeness (QED) is 0.847. The first-order valence-corrected chi connectivity index (χ1v) is 8.33. The van der Waals surface area contributed by atoms with Crippen molar-refractivity contribution >= 4 is 5.91 Å². The molecular weight excluding hydrogens is 302 g/mol. The molecule has 2 aromatic carbocycles. The van der Waals surface area contributed by atoms with Crippen LogP contribution in [0.25, 0.3) is 0 Å². The average Bonchev–Trinajstić information content (AvgIpc) is 2.65. The van der Waals surface area contributed by atoms with Crippen molar-refractivity contribution in [1.29, 1.82) is 0 Å². The van der Waals surface area contributed by atoms with Gasteiger partial charge in [-0.05, 0) is 42.7 Å². The minimum Gasteiger partial charge on any atom is -0.497 e. The van der Waals surface area contributed by atoms with Crippen LogP contribution in [-0.2, 0) is 17.8 Å². The first kappa shape index (κ1) is 16.4. The number of carbonyl (C=O) groups excluding carboxylic acids is 1. The van der Waals surface area contributed by atoms with Crippen LogP contribution in [0, 0.1) is 5.92 Å². The number of nitrogens with zero attached hydrogens (tertiary/aromatic N) is 1. The van der Waals surface area contributed by atoms with E-state index in [4.69, 9.17) is 9.47 Å². The minimum atomic E-state index is -0.113. The lowest BCUT2D eigenvalue weighted by molar-refractivity contribution is -0.137. The Morgan fingerprint density at radius 1 is 1.21 bits per heavy atom. The molecule has 1 aliphatic heterocycles. The Balaban J connectivity index is 1.68. The molecule has 0 bridgehead atoms. The number of carbonyl (C=O) groups is 1. The number of benzene rings is 2. The monoisotopic (exact) mass is 325 g/mol. The van der Waals surface area contributed by atoms with Gasteiger partial charge in [-0.3, -0.25) is 4.79 Å². The van der Waals surface area contributed by atoms with E-state index in [0.717, 1.165) is 29.0 Å². The van der Waals surface area contributed by atoms with E-state index >= 15 is 0 Å². The SMILES string of the molecule is CCN(Cc1ccc(OC)cc1)C(=O)C1COc2ccccc2C1. The standard InChI is InChI=1S/C20H23NO3/c1-3-21(13-15-8-10-18(23-2)11-9-15)20(22)17-12-16-6-4-5-7-19(16)24-14-17/h4-11,17H,3,12-14H2,1-2H3. The summed E-state index contributed by atoms with van der Waals surface area (Å²) in [5.41, 5.74) is 2.21. The lowest BCUT2D eigenvalue weighted by atomic mass is 9.95. The van der Waals surface area contributed by atoms with Crippen molar-refractivity contribution in [3.63, 3.8) is 0 Å². The third-order valence-corrected chi connectivity index (χ3v) is 4.45. The molecule has 4 nitrogen and oxygen atoms in total. The Kier molecular flexibility index (Phi) is 5.04. The third kappa shape index (κ3) is 3.53. The van der Waals surface area contributed by atoms with Gasteiger partial charge in [0.1, 0.15) is 18.1 Å². The molecule has 0 radical (unpaired) electrons. The van der Waals surface area contributed by atoms with Gasteiger partial charge in [-0.15, -0.1) is 0 Å². The summed E-state index contributed by atoms with van der Waals surface area (Å²) in [7, 11) is 1.65. The molecule has 1 atom stereocenters. The number of methoxy groups -OCH3 is 1. The van der Waals surface area contributed by atoms with Crippen LogP contribution in [0.2, 0.25) is 0 Å². The van der Waals surface area contributed by atoms with Gasteiger partial charge >= 0.3 is 0 Å². The van der Waals surface area contributed by atoms with Gasteiger partial charge in [-0.1, -0.05) is 30.3 Å². The van der Waals surface area contributed by atoms with E-state index in [2.05, 4.69) is 0 Å². The van der Waals surface area contributed by atoms with E-state index < -0.39 is 0 Å². The summed E-state index contributed by atoms with van der Waals surface area (Å²) in [5, 5.41) is 0. The molecule has 1 aliphatic rings. The zero-order chi connectivity index (χ0) is 16.9. The molecule has 2 aromatic rings. The minimum absolute atomic E-state index is 0.113. The topological polar surface area (TPSA) is 38.8 Å². The molecule has 0 aliphatic carbocycles. The van der Waals surface area contributed by atoms with E-state index in [1.807, 2.05) is 60.4 Å². The summed E-state index contributed by atoms with van der Waals surface area (Å²) in [6, 6.07) is 15.8. The van der Waals surface area contributed by atoms with Gasteiger partial charge in [0.2, 0.25) is 5.91 Å². The van der Waals surface area contributed by atoms with Crippen molar-refractivity contribution in [2.75, 3.05) is 20.3 Å². The van der Waals surface area contributed by atoms with Crippen molar-refractivity contribution in [2.24, 2.45) is 5.92 Å². The molecule has 0 saturated carbocycles. The smallest absolute Gasteiger partial charge is 0.229 e. The summed E-state index contributed by atoms with van der Waals surface area (Å²) in [6.45, 7) is 3.76. The molecule has 0 fully saturated rings. The number of hydrogen-bond donors (Lipinski definition) is 0. The van der Waals surface area contributed by atoms with Gasteiger partial charge in [-0.25, -0.2) is 0 Å². The van der Waals surface area contributed by atoms with Crippen molar-refractivity contribution in [1.82, 2.24) is 4.90 Å². The Labute approximate surface area is 143 Å². The summed E-state index contributed by atoms with van der Waals surface area (Å²) >= 11 is 0. The second kappa shape index (κ2) is 7.39. The van der Waals surface area contributed by atoms with Gasteiger partial charge < -0.3 is 14.4 Å². The highest BCUT2D eigenvalue weighted by molar-refractivity contribution is 5.79. The fourth-order valence-electron chi connectivity index (χ4n) is 3.04. The maximum atomic E-state index is 12.9. The number of rotatable bonds is 5. The highest BCUT2D eigenvalue weighted by Gasteiger charge is 2.28. The molecule has 0 spiro atoms. The first-order chi connectivity index (χ1) is 11.7. The first-order valence-electron chi connectivity index (χ1n) is 8.33. The van der Waals surface area contributed by atoms with E-state index in [-0.39, 0.29) is 11.8 Å². The molecule has 24 heavy (non-hydrogen) atoms. The molecule has 1 unspecified atom stereocenters. The Morgan fingerprint density at radius 2 is 1.96 bits per heavy atom. The normalized spacial score (nSPS) is 16.0. The Morgan fingerprint density at radius 3 is 2.67 bits per heavy atom. The van der Waals surface area contributed by atoms with Crippen molar-refractivity contribution in [2.45, 2.75) is 19.9 Å². The van der Waals surface area contributed by atoms with Gasteiger partial charge in [0.25, 0.3) is 0 Å². The maximum absolute atomic E-state index is 12.9. The van der Waals surface area contributed by atoms with Crippen LogP contribution in [0.3, 0.4) is 0 Å². The third-order valence-electron chi connectivity index (χ3n) is 4.45. The number of amides is 1. The van der Waals surface area contributed by atoms with Gasteiger partial charge in [0, 0.05) is 13.1 Å². The maximum Gasteiger partial charge on any atom is 0.229 e. The number of hydrogen-bond acceptors (Lipinski definition) is 3. The second-order valence-electron chi connectivity index (χ2n) is 6.02. The Hall–Kier alpha value is -2.49. The molecular formula is C20H23NO3. The van der Waals surface area contributed by atoms with Gasteiger partial charge in [0.05, 0.1) is 13.0 Å². The van der Waals surface area contributed by atoms with Crippen LogP contribution in [0.5, 0.6) is 11.5 Å². The molecule has 3 rings (SSSR count). The zero-order valence-corrected chi connectivity index (χ0v) is 14.2. The fourth-order valence-corrected chi connectivity index (χ4v) is 3.04. The zero-order valence-electron chi connectivity index (χ0n) is 14.2. The van der Waals surface area contributed by atoms with Crippen LogP contribution in [0.1, 0.15) is 18.1 Å². The van der Waals surface area contributed by atoms with E-state index in [9.17, 15) is 4.79 Å². The molecule has 4 heteroatoms. The number of para-hydroxylation sites is 1. The number of fused-ring (bicyclic) bond motifs is 1. The predicted octanol–water partition coefficient (Wildman–Crippen LogP) is 3.30. The van der Waals surface area contributed by atoms with Crippen LogP contribution in [0.15, 0.2) is 48.5 Å². The number of ether oxygens (including phenoxy) is 2. The second-order valence-corrected chi connectivity index (χ2v) is 6.02. The molecule has 0 N–H and O–H groups in total. The van der Waals surface area contributed by atoms with Gasteiger partial charge in [-0.2, -0.15) is 0 Å². The van der Waals surface area contributed by atoms with Crippen LogP contribution >= 0.6 is 0 Å². The van der Waals surface area contributed by atoms with Crippen LogP contribution < -0.4 is 9.47 Å². The largest absolute Gasteiger partial charge is 0.497 e. The highest BCUT2D eigenvalue weighted by Crippen LogP contribution is 2.28. The predicted molar refractivity (Wildman–Crippen MR) is 93.2 cm³/mol. The van der Waals surface area contributed by atoms with Crippen molar-refractivity contribution < 1.29 is 14.3 Å².